The normalized spacial score (nSPS) is 14.2. The van der Waals surface area contributed by atoms with Gasteiger partial charge in [0.15, 0.2) is 5.76 Å². The molecule has 3 aromatic rings. The van der Waals surface area contributed by atoms with Crippen LogP contribution in [0.3, 0.4) is 0 Å². The number of oxazole rings is 1. The number of anilines is 3. The Morgan fingerprint density at radius 3 is 2.53 bits per heavy atom. The fourth-order valence-electron chi connectivity index (χ4n) is 4.04. The Kier molecular flexibility index (Phi) is 6.45. The number of aromatic nitrogens is 1. The summed E-state index contributed by atoms with van der Waals surface area (Å²) in [7, 11) is 0. The molecule has 1 fully saturated rings. The average molecular weight is 434 g/mol. The number of nitrogens with zero attached hydrogens (tertiary/aromatic N) is 4. The third-order valence-corrected chi connectivity index (χ3v) is 5.86. The van der Waals surface area contributed by atoms with E-state index in [1.54, 1.807) is 12.1 Å². The van der Waals surface area contributed by atoms with Gasteiger partial charge >= 0.3 is 0 Å². The van der Waals surface area contributed by atoms with Crippen molar-refractivity contribution in [2.45, 2.75) is 26.7 Å². The molecule has 8 nitrogen and oxygen atoms in total. The molecule has 0 radical (unpaired) electrons. The van der Waals surface area contributed by atoms with E-state index in [-0.39, 0.29) is 23.4 Å². The molecule has 0 bridgehead atoms. The van der Waals surface area contributed by atoms with Crippen LogP contribution in [-0.2, 0) is 4.79 Å². The van der Waals surface area contributed by atoms with Crippen LogP contribution >= 0.6 is 0 Å². The molecule has 1 amide bonds. The zero-order chi connectivity index (χ0) is 22.5. The van der Waals surface area contributed by atoms with E-state index in [4.69, 9.17) is 8.83 Å². The van der Waals surface area contributed by atoms with E-state index in [2.05, 4.69) is 35.1 Å². The van der Waals surface area contributed by atoms with Gasteiger partial charge in [-0.15, -0.1) is 0 Å². The van der Waals surface area contributed by atoms with Crippen LogP contribution in [0.2, 0.25) is 0 Å². The van der Waals surface area contributed by atoms with E-state index in [0.717, 1.165) is 24.5 Å². The zero-order valence-electron chi connectivity index (χ0n) is 18.4. The Balaban J connectivity index is 1.36. The van der Waals surface area contributed by atoms with Gasteiger partial charge in [-0.05, 0) is 63.1 Å². The molecule has 3 heterocycles. The molecule has 8 heteroatoms. The Morgan fingerprint density at radius 2 is 1.94 bits per heavy atom. The molecule has 1 aliphatic rings. The molecule has 1 aromatic carbocycles. The number of nitrogens with one attached hydrogen (secondary N) is 1. The number of amides is 1. The molecule has 4 rings (SSSR count). The van der Waals surface area contributed by atoms with E-state index in [9.17, 15) is 10.1 Å². The van der Waals surface area contributed by atoms with Crippen LogP contribution in [0.1, 0.15) is 32.4 Å². The summed E-state index contributed by atoms with van der Waals surface area (Å²) in [5.74, 6) is 1.13. The lowest BCUT2D eigenvalue weighted by molar-refractivity contribution is -0.120. The highest BCUT2D eigenvalue weighted by Crippen LogP contribution is 2.31. The fourth-order valence-corrected chi connectivity index (χ4v) is 4.04. The van der Waals surface area contributed by atoms with Crippen molar-refractivity contribution in [2.24, 2.45) is 5.92 Å². The van der Waals surface area contributed by atoms with Crippen molar-refractivity contribution in [2.75, 3.05) is 41.3 Å². The summed E-state index contributed by atoms with van der Waals surface area (Å²) in [5.41, 5.74) is 2.18. The lowest BCUT2D eigenvalue weighted by Gasteiger charge is -2.31. The lowest BCUT2D eigenvalue weighted by atomic mass is 9.96. The second kappa shape index (κ2) is 9.60. The van der Waals surface area contributed by atoms with Gasteiger partial charge in [-0.2, -0.15) is 10.2 Å². The van der Waals surface area contributed by atoms with Crippen molar-refractivity contribution >= 4 is 23.2 Å². The average Bonchev–Trinajstić information content (AvgIpc) is 3.51. The van der Waals surface area contributed by atoms with Gasteiger partial charge in [-0.25, -0.2) is 0 Å². The number of piperidine rings is 1. The Bertz CT molecular complexity index is 1070. The van der Waals surface area contributed by atoms with Crippen molar-refractivity contribution in [3.8, 4) is 17.7 Å². The number of hydrogen-bond donors (Lipinski definition) is 1. The summed E-state index contributed by atoms with van der Waals surface area (Å²) in [4.78, 5) is 21.3. The van der Waals surface area contributed by atoms with Crippen LogP contribution in [-0.4, -0.2) is 37.1 Å². The van der Waals surface area contributed by atoms with Crippen molar-refractivity contribution in [3.05, 3.63) is 48.4 Å². The van der Waals surface area contributed by atoms with Crippen LogP contribution < -0.4 is 15.1 Å². The molecule has 0 atom stereocenters. The predicted molar refractivity (Wildman–Crippen MR) is 122 cm³/mol. The first-order valence-corrected chi connectivity index (χ1v) is 11.0. The molecule has 1 aliphatic heterocycles. The quantitative estimate of drug-likeness (QED) is 0.585. The first-order chi connectivity index (χ1) is 15.6. The highest BCUT2D eigenvalue weighted by molar-refractivity contribution is 5.92. The molecule has 0 unspecified atom stereocenters. The topological polar surface area (TPSA) is 98.5 Å². The highest BCUT2D eigenvalue weighted by atomic mass is 16.4. The molecule has 1 N–H and O–H groups in total. The molecule has 0 saturated carbocycles. The van der Waals surface area contributed by atoms with Crippen LogP contribution in [0.25, 0.3) is 11.7 Å². The number of rotatable bonds is 7. The van der Waals surface area contributed by atoms with Gasteiger partial charge in [-0.3, -0.25) is 4.79 Å². The smallest absolute Gasteiger partial charge is 0.266 e. The summed E-state index contributed by atoms with van der Waals surface area (Å²) in [6.45, 7) is 7.37. The Hall–Kier alpha value is -3.73. The van der Waals surface area contributed by atoms with E-state index in [1.165, 1.54) is 6.26 Å². The monoisotopic (exact) mass is 433 g/mol. The van der Waals surface area contributed by atoms with Crippen LogP contribution in [0.15, 0.2) is 51.5 Å². The van der Waals surface area contributed by atoms with Gasteiger partial charge in [0.05, 0.1) is 6.26 Å². The maximum atomic E-state index is 12.8. The number of hydrogen-bond acceptors (Lipinski definition) is 7. The largest absolute Gasteiger partial charge is 0.459 e. The molecule has 0 aliphatic carbocycles. The minimum absolute atomic E-state index is 0.0228. The molecule has 0 spiro atoms. The first-order valence-electron chi connectivity index (χ1n) is 11.0. The summed E-state index contributed by atoms with van der Waals surface area (Å²) in [5, 5.41) is 12.5. The second-order valence-electron chi connectivity index (χ2n) is 7.73. The van der Waals surface area contributed by atoms with Gasteiger partial charge in [0.1, 0.15) is 6.07 Å². The van der Waals surface area contributed by atoms with Gasteiger partial charge in [-0.1, -0.05) is 0 Å². The number of furan rings is 1. The van der Waals surface area contributed by atoms with E-state index >= 15 is 0 Å². The fraction of sp³-hybridized carbons (Fsp3) is 0.375. The Labute approximate surface area is 187 Å². The number of nitriles is 1. The predicted octanol–water partition coefficient (Wildman–Crippen LogP) is 4.51. The molecule has 1 saturated heterocycles. The minimum Gasteiger partial charge on any atom is -0.459 e. The minimum atomic E-state index is -0.0910. The number of carbonyl (C=O) groups excluding carboxylic acids is 1. The van der Waals surface area contributed by atoms with Crippen LogP contribution in [0.5, 0.6) is 0 Å². The zero-order valence-corrected chi connectivity index (χ0v) is 18.4. The van der Waals surface area contributed by atoms with Gasteiger partial charge in [0.25, 0.3) is 5.89 Å². The van der Waals surface area contributed by atoms with E-state index < -0.39 is 0 Å². The standard InChI is InChI=1S/C24H27N5O3/c1-3-28(4-2)19-9-7-18(8-10-19)26-22(30)17-11-13-29(14-12-17)24-20(16-25)27-23(32-24)21-6-5-15-31-21/h5-10,15,17H,3-4,11-14H2,1-2H3,(H,26,30). The van der Waals surface area contributed by atoms with Gasteiger partial charge in [0, 0.05) is 43.5 Å². The van der Waals surface area contributed by atoms with Crippen molar-refractivity contribution < 1.29 is 13.6 Å². The Morgan fingerprint density at radius 1 is 1.22 bits per heavy atom. The number of carbonyl (C=O) groups is 1. The molecule has 2 aromatic heterocycles. The summed E-state index contributed by atoms with van der Waals surface area (Å²) in [6, 6.07) is 13.5. The van der Waals surface area contributed by atoms with E-state index in [1.807, 2.05) is 29.2 Å². The summed E-state index contributed by atoms with van der Waals surface area (Å²) in [6.07, 6.45) is 2.88. The molecular formula is C24H27N5O3. The van der Waals surface area contributed by atoms with Crippen molar-refractivity contribution in [1.82, 2.24) is 4.98 Å². The van der Waals surface area contributed by atoms with Crippen LogP contribution in [0, 0.1) is 17.2 Å². The van der Waals surface area contributed by atoms with Gasteiger partial charge in [0.2, 0.25) is 17.5 Å². The third kappa shape index (κ3) is 4.47. The highest BCUT2D eigenvalue weighted by Gasteiger charge is 2.29. The van der Waals surface area contributed by atoms with Crippen molar-refractivity contribution in [1.29, 1.82) is 5.26 Å². The lowest BCUT2D eigenvalue weighted by Crippen LogP contribution is -2.38. The SMILES string of the molecule is CCN(CC)c1ccc(NC(=O)C2CCN(c3oc(-c4ccco4)nc3C#N)CC2)cc1. The van der Waals surface area contributed by atoms with Gasteiger partial charge < -0.3 is 24.0 Å². The molecule has 32 heavy (non-hydrogen) atoms. The molecular weight excluding hydrogens is 406 g/mol. The maximum Gasteiger partial charge on any atom is 0.266 e. The second-order valence-corrected chi connectivity index (χ2v) is 7.73. The number of benzene rings is 1. The van der Waals surface area contributed by atoms with E-state index in [0.29, 0.717) is 37.6 Å². The van der Waals surface area contributed by atoms with Crippen molar-refractivity contribution in [3.63, 3.8) is 0 Å². The van der Waals surface area contributed by atoms with Crippen LogP contribution in [0.4, 0.5) is 17.3 Å². The third-order valence-electron chi connectivity index (χ3n) is 5.86. The maximum absolute atomic E-state index is 12.8. The summed E-state index contributed by atoms with van der Waals surface area (Å²) >= 11 is 0. The molecule has 166 valence electrons. The summed E-state index contributed by atoms with van der Waals surface area (Å²) < 4.78 is 11.1. The first kappa shape index (κ1) is 21.5.